The van der Waals surface area contributed by atoms with Gasteiger partial charge >= 0.3 is 0 Å². The molecule has 0 aromatic heterocycles. The molecule has 1 fully saturated rings. The second kappa shape index (κ2) is 5.94. The van der Waals surface area contributed by atoms with Gasteiger partial charge in [-0.25, -0.2) is 4.39 Å². The average Bonchev–Trinajstić information content (AvgIpc) is 2.43. The van der Waals surface area contributed by atoms with Crippen molar-refractivity contribution in [1.82, 2.24) is 4.90 Å². The Labute approximate surface area is 118 Å². The normalized spacial score (nSPS) is 19.1. The number of rotatable bonds is 3. The Kier molecular flexibility index (Phi) is 4.49. The van der Waals surface area contributed by atoms with Crippen LogP contribution in [-0.4, -0.2) is 29.0 Å². The summed E-state index contributed by atoms with van der Waals surface area (Å²) in [5.74, 6) is -0.175. The fraction of sp³-hybridized carbons (Fsp3) is 0.533. The van der Waals surface area contributed by atoms with Crippen LogP contribution >= 0.6 is 11.8 Å². The van der Waals surface area contributed by atoms with E-state index in [1.165, 1.54) is 11.6 Å². The minimum absolute atomic E-state index is 0.175. The molecule has 1 aromatic carbocycles. The highest BCUT2D eigenvalue weighted by molar-refractivity contribution is 8.00. The first-order chi connectivity index (χ1) is 9.08. The van der Waals surface area contributed by atoms with Crippen molar-refractivity contribution in [2.24, 2.45) is 0 Å². The number of nitrogens with zero attached hydrogens (tertiary/aromatic N) is 2. The van der Waals surface area contributed by atoms with Gasteiger partial charge in [0, 0.05) is 19.6 Å². The Bertz CT molecular complexity index is 487. The number of nitriles is 1. The summed E-state index contributed by atoms with van der Waals surface area (Å²) in [5.41, 5.74) is 2.18. The first kappa shape index (κ1) is 14.4. The van der Waals surface area contributed by atoms with Gasteiger partial charge < -0.3 is 0 Å². The lowest BCUT2D eigenvalue weighted by atomic mass is 9.96. The van der Waals surface area contributed by atoms with Gasteiger partial charge in [-0.3, -0.25) is 4.90 Å². The summed E-state index contributed by atoms with van der Waals surface area (Å²) in [6.45, 7) is 4.67. The molecule has 2 nitrogen and oxygen atoms in total. The van der Waals surface area contributed by atoms with E-state index in [9.17, 15) is 9.65 Å². The SMILES string of the molecule is CSC1(C#N)CCN(Cc2ccc(F)cc2C)CC1. The summed E-state index contributed by atoms with van der Waals surface area (Å²) < 4.78 is 12.9. The fourth-order valence-electron chi connectivity index (χ4n) is 2.51. The molecule has 19 heavy (non-hydrogen) atoms. The summed E-state index contributed by atoms with van der Waals surface area (Å²) in [6.07, 6.45) is 3.83. The van der Waals surface area contributed by atoms with Crippen LogP contribution in [-0.2, 0) is 6.54 Å². The molecule has 0 saturated carbocycles. The number of piperidine rings is 1. The summed E-state index contributed by atoms with van der Waals surface area (Å²) in [6, 6.07) is 7.43. The van der Waals surface area contributed by atoms with Crippen molar-refractivity contribution in [3.63, 3.8) is 0 Å². The molecule has 1 aliphatic rings. The predicted octanol–water partition coefficient (Wildman–Crippen LogP) is 3.36. The van der Waals surface area contributed by atoms with Gasteiger partial charge in [-0.1, -0.05) is 6.07 Å². The average molecular weight is 278 g/mol. The van der Waals surface area contributed by atoms with Crippen molar-refractivity contribution < 1.29 is 4.39 Å². The van der Waals surface area contributed by atoms with Gasteiger partial charge in [-0.2, -0.15) is 5.26 Å². The van der Waals surface area contributed by atoms with Crippen LogP contribution in [0.1, 0.15) is 24.0 Å². The first-order valence-electron chi connectivity index (χ1n) is 6.52. The van der Waals surface area contributed by atoms with Crippen LogP contribution in [0, 0.1) is 24.1 Å². The molecular weight excluding hydrogens is 259 g/mol. The van der Waals surface area contributed by atoms with Crippen molar-refractivity contribution in [2.75, 3.05) is 19.3 Å². The molecule has 0 aliphatic carbocycles. The molecule has 4 heteroatoms. The smallest absolute Gasteiger partial charge is 0.123 e. The van der Waals surface area contributed by atoms with E-state index < -0.39 is 0 Å². The molecule has 0 atom stereocenters. The quantitative estimate of drug-likeness (QED) is 0.848. The van der Waals surface area contributed by atoms with Gasteiger partial charge in [0.05, 0.1) is 6.07 Å². The zero-order valence-corrected chi connectivity index (χ0v) is 12.3. The molecular formula is C15H19FN2S. The lowest BCUT2D eigenvalue weighted by Crippen LogP contribution is -2.41. The zero-order chi connectivity index (χ0) is 13.9. The van der Waals surface area contributed by atoms with Crippen molar-refractivity contribution in [2.45, 2.75) is 31.1 Å². The van der Waals surface area contributed by atoms with Crippen molar-refractivity contribution in [3.05, 3.63) is 35.1 Å². The Morgan fingerprint density at radius 1 is 1.42 bits per heavy atom. The maximum absolute atomic E-state index is 13.1. The van der Waals surface area contributed by atoms with Gasteiger partial charge in [-0.15, -0.1) is 11.8 Å². The summed E-state index contributed by atoms with van der Waals surface area (Å²) >= 11 is 1.67. The van der Waals surface area contributed by atoms with Gasteiger partial charge in [0.1, 0.15) is 10.6 Å². The highest BCUT2D eigenvalue weighted by atomic mass is 32.2. The Morgan fingerprint density at radius 3 is 2.63 bits per heavy atom. The molecule has 0 N–H and O–H groups in total. The molecule has 102 valence electrons. The Morgan fingerprint density at radius 2 is 2.11 bits per heavy atom. The van der Waals surface area contributed by atoms with E-state index in [1.54, 1.807) is 17.8 Å². The second-order valence-electron chi connectivity index (χ2n) is 5.16. The van der Waals surface area contributed by atoms with Crippen LogP contribution in [0.3, 0.4) is 0 Å². The van der Waals surface area contributed by atoms with Crippen molar-refractivity contribution >= 4 is 11.8 Å². The zero-order valence-electron chi connectivity index (χ0n) is 11.4. The number of hydrogen-bond acceptors (Lipinski definition) is 3. The van der Waals surface area contributed by atoms with Crippen molar-refractivity contribution in [1.29, 1.82) is 5.26 Å². The second-order valence-corrected chi connectivity index (χ2v) is 6.35. The van der Waals surface area contributed by atoms with E-state index in [0.717, 1.165) is 38.0 Å². The largest absolute Gasteiger partial charge is 0.299 e. The molecule has 0 unspecified atom stereocenters. The van der Waals surface area contributed by atoms with E-state index in [2.05, 4.69) is 11.0 Å². The fourth-order valence-corrected chi connectivity index (χ4v) is 3.19. The molecule has 1 heterocycles. The summed E-state index contributed by atoms with van der Waals surface area (Å²) in [4.78, 5) is 2.35. The predicted molar refractivity (Wildman–Crippen MR) is 77.5 cm³/mol. The third kappa shape index (κ3) is 3.29. The number of benzene rings is 1. The Balaban J connectivity index is 1.98. The highest BCUT2D eigenvalue weighted by Crippen LogP contribution is 2.34. The van der Waals surface area contributed by atoms with E-state index in [0.29, 0.717) is 0 Å². The molecule has 0 bridgehead atoms. The minimum atomic E-state index is -0.200. The van der Waals surface area contributed by atoms with Crippen LogP contribution in [0.4, 0.5) is 4.39 Å². The molecule has 1 aliphatic heterocycles. The lowest BCUT2D eigenvalue weighted by Gasteiger charge is -2.36. The number of halogens is 1. The Hall–Kier alpha value is -1.05. The van der Waals surface area contributed by atoms with Gasteiger partial charge in [0.25, 0.3) is 0 Å². The minimum Gasteiger partial charge on any atom is -0.299 e. The molecule has 0 amide bonds. The van der Waals surface area contributed by atoms with Gasteiger partial charge in [0.15, 0.2) is 0 Å². The van der Waals surface area contributed by atoms with Crippen LogP contribution < -0.4 is 0 Å². The molecule has 2 rings (SSSR count). The number of likely N-dealkylation sites (tertiary alicyclic amines) is 1. The van der Waals surface area contributed by atoms with E-state index in [4.69, 9.17) is 0 Å². The molecule has 1 saturated heterocycles. The number of thioether (sulfide) groups is 1. The summed E-state index contributed by atoms with van der Waals surface area (Å²) in [5, 5.41) is 9.26. The maximum Gasteiger partial charge on any atom is 0.123 e. The maximum atomic E-state index is 13.1. The van der Waals surface area contributed by atoms with E-state index >= 15 is 0 Å². The molecule has 0 spiro atoms. The highest BCUT2D eigenvalue weighted by Gasteiger charge is 2.33. The van der Waals surface area contributed by atoms with Gasteiger partial charge in [0.2, 0.25) is 0 Å². The van der Waals surface area contributed by atoms with Crippen LogP contribution in [0.2, 0.25) is 0 Å². The molecule has 0 radical (unpaired) electrons. The van der Waals surface area contributed by atoms with E-state index in [-0.39, 0.29) is 10.6 Å². The molecule has 1 aromatic rings. The lowest BCUT2D eigenvalue weighted by molar-refractivity contribution is 0.209. The van der Waals surface area contributed by atoms with Crippen LogP contribution in [0.15, 0.2) is 18.2 Å². The third-order valence-electron chi connectivity index (χ3n) is 3.96. The first-order valence-corrected chi connectivity index (χ1v) is 7.75. The standard InChI is InChI=1S/C15H19FN2S/c1-12-9-14(16)4-3-13(12)10-18-7-5-15(11-17,19-2)6-8-18/h3-4,9H,5-8,10H2,1-2H3. The monoisotopic (exact) mass is 278 g/mol. The van der Waals surface area contributed by atoms with Crippen LogP contribution in [0.5, 0.6) is 0 Å². The number of hydrogen-bond donors (Lipinski definition) is 0. The third-order valence-corrected chi connectivity index (χ3v) is 5.24. The summed E-state index contributed by atoms with van der Waals surface area (Å²) in [7, 11) is 0. The van der Waals surface area contributed by atoms with Crippen molar-refractivity contribution in [3.8, 4) is 6.07 Å². The topological polar surface area (TPSA) is 27.0 Å². The van der Waals surface area contributed by atoms with Crippen LogP contribution in [0.25, 0.3) is 0 Å². The number of aryl methyl sites for hydroxylation is 1. The van der Waals surface area contributed by atoms with Gasteiger partial charge in [-0.05, 0) is 49.3 Å². The van der Waals surface area contributed by atoms with E-state index in [1.807, 2.05) is 19.2 Å².